The first kappa shape index (κ1) is 22.7. The summed E-state index contributed by atoms with van der Waals surface area (Å²) in [5, 5.41) is 10.1. The second kappa shape index (κ2) is 6.53. The van der Waals surface area contributed by atoms with Crippen molar-refractivity contribution < 1.29 is 33.6 Å². The van der Waals surface area contributed by atoms with E-state index in [0.717, 1.165) is 0 Å². The number of methoxy groups -OCH3 is 2. The summed E-state index contributed by atoms with van der Waals surface area (Å²) in [6.07, 6.45) is -0.0274. The van der Waals surface area contributed by atoms with Crippen molar-refractivity contribution in [2.45, 2.75) is 57.8 Å². The molecule has 8 heteroatoms. The fourth-order valence-corrected chi connectivity index (χ4v) is 6.05. The SMILES string of the molecule is COC(=O)C1(C(=O)OC)CC1(C#N)c1cccc(C23OCC(C)(C)C2(C(C)(C)C)OO3)c1. The average molecular weight is 443 g/mol. The van der Waals surface area contributed by atoms with Crippen LogP contribution >= 0.6 is 0 Å². The highest BCUT2D eigenvalue weighted by molar-refractivity contribution is 6.07. The average Bonchev–Trinajstić information content (AvgIpc) is 3.39. The maximum absolute atomic E-state index is 12.6. The number of nitriles is 1. The molecular weight excluding hydrogens is 414 g/mol. The van der Waals surface area contributed by atoms with Gasteiger partial charge in [-0.05, 0) is 11.6 Å². The lowest BCUT2D eigenvalue weighted by Crippen LogP contribution is -2.73. The second-order valence-electron chi connectivity index (χ2n) is 10.6. The molecule has 1 saturated carbocycles. The molecular formula is C24H29NO7. The molecule has 0 N–H and O–H groups in total. The molecule has 2 heterocycles. The number of esters is 2. The van der Waals surface area contributed by atoms with E-state index in [9.17, 15) is 14.9 Å². The summed E-state index contributed by atoms with van der Waals surface area (Å²) in [7, 11) is 2.38. The normalized spacial score (nSPS) is 33.9. The van der Waals surface area contributed by atoms with E-state index in [4.69, 9.17) is 24.0 Å². The van der Waals surface area contributed by atoms with Crippen LogP contribution in [-0.4, -0.2) is 38.4 Å². The van der Waals surface area contributed by atoms with Gasteiger partial charge in [-0.3, -0.25) is 9.59 Å². The summed E-state index contributed by atoms with van der Waals surface area (Å²) in [6, 6.07) is 9.28. The number of hydrogen-bond acceptors (Lipinski definition) is 8. The molecule has 4 rings (SSSR count). The first-order chi connectivity index (χ1) is 14.9. The number of fused-ring (bicyclic) bond motifs is 1. The molecule has 172 valence electrons. The number of carbonyl (C=O) groups is 2. The Morgan fingerprint density at radius 1 is 1.06 bits per heavy atom. The van der Waals surface area contributed by atoms with Gasteiger partial charge in [-0.2, -0.15) is 10.1 Å². The van der Waals surface area contributed by atoms with Crippen LogP contribution in [0.1, 0.15) is 52.2 Å². The van der Waals surface area contributed by atoms with Gasteiger partial charge in [-0.1, -0.05) is 52.8 Å². The maximum atomic E-state index is 12.6. The van der Waals surface area contributed by atoms with Crippen molar-refractivity contribution in [3.05, 3.63) is 35.4 Å². The van der Waals surface area contributed by atoms with E-state index >= 15 is 0 Å². The van der Waals surface area contributed by atoms with Crippen LogP contribution in [0.15, 0.2) is 24.3 Å². The molecule has 3 aliphatic rings. The molecule has 0 bridgehead atoms. The third kappa shape index (κ3) is 2.26. The molecule has 8 nitrogen and oxygen atoms in total. The molecule has 0 spiro atoms. The van der Waals surface area contributed by atoms with Gasteiger partial charge in [0.15, 0.2) is 11.0 Å². The highest BCUT2D eigenvalue weighted by Crippen LogP contribution is 2.70. The molecule has 32 heavy (non-hydrogen) atoms. The van der Waals surface area contributed by atoms with Crippen molar-refractivity contribution in [2.75, 3.05) is 20.8 Å². The third-order valence-electron chi connectivity index (χ3n) is 7.52. The van der Waals surface area contributed by atoms with Crippen LogP contribution in [0.4, 0.5) is 0 Å². The summed E-state index contributed by atoms with van der Waals surface area (Å²) in [5.41, 5.74) is -3.49. The molecule has 1 aromatic rings. The Morgan fingerprint density at radius 3 is 2.12 bits per heavy atom. The van der Waals surface area contributed by atoms with Crippen LogP contribution < -0.4 is 0 Å². The Bertz CT molecular complexity index is 1020. The Hall–Kier alpha value is -2.47. The monoisotopic (exact) mass is 443 g/mol. The largest absolute Gasteiger partial charge is 0.468 e. The zero-order chi connectivity index (χ0) is 23.8. The highest BCUT2D eigenvalue weighted by Gasteiger charge is 2.82. The molecule has 2 aliphatic heterocycles. The molecule has 2 saturated heterocycles. The molecule has 1 aromatic carbocycles. The minimum Gasteiger partial charge on any atom is -0.468 e. The molecule has 3 unspecified atom stereocenters. The lowest BCUT2D eigenvalue weighted by atomic mass is 9.57. The fourth-order valence-electron chi connectivity index (χ4n) is 6.05. The second-order valence-corrected chi connectivity index (χ2v) is 10.6. The molecule has 1 aliphatic carbocycles. The van der Waals surface area contributed by atoms with Crippen molar-refractivity contribution in [3.63, 3.8) is 0 Å². The van der Waals surface area contributed by atoms with E-state index in [1.165, 1.54) is 14.2 Å². The van der Waals surface area contributed by atoms with Crippen LogP contribution in [0.3, 0.4) is 0 Å². The predicted molar refractivity (Wildman–Crippen MR) is 111 cm³/mol. The summed E-state index contributed by atoms with van der Waals surface area (Å²) in [6.45, 7) is 10.8. The van der Waals surface area contributed by atoms with Crippen molar-refractivity contribution in [2.24, 2.45) is 16.2 Å². The van der Waals surface area contributed by atoms with Gasteiger partial charge in [0.1, 0.15) is 5.41 Å². The Labute approximate surface area is 187 Å². The van der Waals surface area contributed by atoms with Gasteiger partial charge in [0.05, 0.1) is 26.9 Å². The van der Waals surface area contributed by atoms with Crippen LogP contribution in [0.25, 0.3) is 0 Å². The zero-order valence-corrected chi connectivity index (χ0v) is 19.5. The topological polar surface area (TPSA) is 104 Å². The van der Waals surface area contributed by atoms with Crippen molar-refractivity contribution >= 4 is 11.9 Å². The number of ether oxygens (including phenoxy) is 3. The zero-order valence-electron chi connectivity index (χ0n) is 19.5. The summed E-state index contributed by atoms with van der Waals surface area (Å²) >= 11 is 0. The number of benzene rings is 1. The van der Waals surface area contributed by atoms with Crippen LogP contribution in [-0.2, 0) is 44.8 Å². The molecule has 3 fully saturated rings. The number of rotatable bonds is 4. The van der Waals surface area contributed by atoms with E-state index in [1.807, 2.05) is 6.07 Å². The first-order valence-electron chi connectivity index (χ1n) is 10.6. The van der Waals surface area contributed by atoms with Crippen molar-refractivity contribution in [3.8, 4) is 6.07 Å². The van der Waals surface area contributed by atoms with E-state index < -0.39 is 34.2 Å². The first-order valence-corrected chi connectivity index (χ1v) is 10.6. The number of hydrogen-bond donors (Lipinski definition) is 0. The predicted octanol–water partition coefficient (Wildman–Crippen LogP) is 3.14. The fraction of sp³-hybridized carbons (Fsp3) is 0.625. The van der Waals surface area contributed by atoms with Gasteiger partial charge < -0.3 is 14.2 Å². The minimum atomic E-state index is -1.71. The smallest absolute Gasteiger partial charge is 0.325 e. The minimum absolute atomic E-state index is 0.0274. The lowest BCUT2D eigenvalue weighted by Gasteiger charge is -2.61. The van der Waals surface area contributed by atoms with Crippen molar-refractivity contribution in [1.82, 2.24) is 0 Å². The number of nitrogens with zero attached hydrogens (tertiary/aromatic N) is 1. The van der Waals surface area contributed by atoms with Gasteiger partial charge in [-0.15, -0.1) is 0 Å². The molecule has 0 aromatic heterocycles. The van der Waals surface area contributed by atoms with Gasteiger partial charge in [-0.25, -0.2) is 4.89 Å². The molecule has 0 radical (unpaired) electrons. The van der Waals surface area contributed by atoms with Gasteiger partial charge >= 0.3 is 11.9 Å². The highest BCUT2D eigenvalue weighted by atomic mass is 17.3. The third-order valence-corrected chi connectivity index (χ3v) is 7.52. The van der Waals surface area contributed by atoms with E-state index in [1.54, 1.807) is 18.2 Å². The summed E-state index contributed by atoms with van der Waals surface area (Å²) in [4.78, 5) is 36.8. The summed E-state index contributed by atoms with van der Waals surface area (Å²) in [5.74, 6) is -2.77. The van der Waals surface area contributed by atoms with Crippen LogP contribution in [0.2, 0.25) is 0 Å². The van der Waals surface area contributed by atoms with E-state index in [2.05, 4.69) is 40.7 Å². The Balaban J connectivity index is 1.85. The van der Waals surface area contributed by atoms with E-state index in [-0.39, 0.29) is 17.3 Å². The maximum Gasteiger partial charge on any atom is 0.325 e. The number of carbonyl (C=O) groups excluding carboxylic acids is 2. The summed E-state index contributed by atoms with van der Waals surface area (Å²) < 4.78 is 16.0. The van der Waals surface area contributed by atoms with Gasteiger partial charge in [0.2, 0.25) is 0 Å². The standard InChI is InChI=1S/C24H29NO7/c1-19(2,3)24-20(4,5)14-30-23(24,31-32-24)16-10-8-9-15(11-16)21(13-25)12-22(21,17(26)28-6)18(27)29-7/h8-11H,12,14H2,1-7H3. The Morgan fingerprint density at radius 2 is 1.66 bits per heavy atom. The van der Waals surface area contributed by atoms with Crippen molar-refractivity contribution in [1.29, 1.82) is 5.26 Å². The van der Waals surface area contributed by atoms with E-state index in [0.29, 0.717) is 17.7 Å². The van der Waals surface area contributed by atoms with Gasteiger partial charge in [0.25, 0.3) is 5.79 Å². The molecule has 0 amide bonds. The van der Waals surface area contributed by atoms with Crippen LogP contribution in [0.5, 0.6) is 0 Å². The van der Waals surface area contributed by atoms with Gasteiger partial charge in [0, 0.05) is 22.8 Å². The quantitative estimate of drug-likeness (QED) is 0.397. The lowest BCUT2D eigenvalue weighted by molar-refractivity contribution is -0.626. The van der Waals surface area contributed by atoms with Crippen LogP contribution in [0, 0.1) is 27.6 Å². The Kier molecular flexibility index (Phi) is 4.64. The molecule has 3 atom stereocenters.